The number of aliphatic hydroxyl groups is 1. The number of aromatic nitrogens is 1. The van der Waals surface area contributed by atoms with Crippen molar-refractivity contribution >= 4 is 22.5 Å². The molecule has 0 spiro atoms. The molecule has 5 nitrogen and oxygen atoms in total. The van der Waals surface area contributed by atoms with Crippen molar-refractivity contribution in [3.63, 3.8) is 0 Å². The van der Waals surface area contributed by atoms with E-state index >= 15 is 0 Å². The first-order valence-electron chi connectivity index (χ1n) is 6.29. The second-order valence-electron chi connectivity index (χ2n) is 5.03. The van der Waals surface area contributed by atoms with Gasteiger partial charge in [-0.15, -0.1) is 0 Å². The maximum Gasteiger partial charge on any atom is 0.253 e. The maximum absolute atomic E-state index is 12.3. The van der Waals surface area contributed by atoms with Crippen LogP contribution in [0.1, 0.15) is 30.6 Å². The van der Waals surface area contributed by atoms with Gasteiger partial charge in [0.15, 0.2) is 0 Å². The Kier molecular flexibility index (Phi) is 3.48. The zero-order valence-corrected chi connectivity index (χ0v) is 11.2. The first kappa shape index (κ1) is 13.4. The van der Waals surface area contributed by atoms with Crippen LogP contribution in [-0.2, 0) is 0 Å². The molecular formula is C14H19N3O2. The molecule has 1 atom stereocenters. The number of hydrogen-bond acceptors (Lipinski definition) is 3. The van der Waals surface area contributed by atoms with Gasteiger partial charge in [-0.2, -0.15) is 0 Å². The highest BCUT2D eigenvalue weighted by Gasteiger charge is 2.25. The minimum atomic E-state index is -0.603. The van der Waals surface area contributed by atoms with Crippen LogP contribution in [0.3, 0.4) is 0 Å². The van der Waals surface area contributed by atoms with E-state index < -0.39 is 5.54 Å². The normalized spacial score (nSPS) is 14.3. The lowest BCUT2D eigenvalue weighted by atomic mass is 9.99. The molecule has 5 heteroatoms. The number of rotatable bonds is 4. The number of nitrogens with two attached hydrogens (primary N) is 1. The van der Waals surface area contributed by atoms with E-state index in [2.05, 4.69) is 10.3 Å². The molecule has 0 bridgehead atoms. The second kappa shape index (κ2) is 4.93. The van der Waals surface area contributed by atoms with Gasteiger partial charge in [0.1, 0.15) is 0 Å². The second-order valence-corrected chi connectivity index (χ2v) is 5.03. The number of aromatic amines is 1. The van der Waals surface area contributed by atoms with Crippen LogP contribution in [0.15, 0.2) is 24.4 Å². The summed E-state index contributed by atoms with van der Waals surface area (Å²) in [6.07, 6.45) is 2.32. The summed E-state index contributed by atoms with van der Waals surface area (Å²) in [5.41, 5.74) is 7.13. The summed E-state index contributed by atoms with van der Waals surface area (Å²) in [6.45, 7) is 3.65. The Bertz CT molecular complexity index is 600. The molecule has 1 aromatic heterocycles. The molecule has 1 amide bonds. The van der Waals surface area contributed by atoms with Gasteiger partial charge >= 0.3 is 0 Å². The molecule has 2 aromatic rings. The Morgan fingerprint density at radius 3 is 2.89 bits per heavy atom. The van der Waals surface area contributed by atoms with E-state index in [-0.39, 0.29) is 12.5 Å². The van der Waals surface area contributed by atoms with Crippen molar-refractivity contribution in [2.45, 2.75) is 25.8 Å². The summed E-state index contributed by atoms with van der Waals surface area (Å²) < 4.78 is 0. The molecule has 0 aliphatic rings. The van der Waals surface area contributed by atoms with E-state index in [0.717, 1.165) is 10.9 Å². The van der Waals surface area contributed by atoms with Gasteiger partial charge in [0.25, 0.3) is 5.91 Å². The molecule has 0 saturated heterocycles. The number of nitrogens with one attached hydrogen (secondary N) is 2. The highest BCUT2D eigenvalue weighted by atomic mass is 16.3. The number of amides is 1. The van der Waals surface area contributed by atoms with Gasteiger partial charge in [-0.1, -0.05) is 6.92 Å². The third kappa shape index (κ3) is 2.56. The number of fused-ring (bicyclic) bond motifs is 1. The van der Waals surface area contributed by atoms with E-state index in [0.29, 0.717) is 17.7 Å². The first-order valence-corrected chi connectivity index (χ1v) is 6.29. The van der Waals surface area contributed by atoms with Crippen molar-refractivity contribution in [3.8, 4) is 0 Å². The van der Waals surface area contributed by atoms with Gasteiger partial charge in [-0.3, -0.25) is 4.79 Å². The molecule has 19 heavy (non-hydrogen) atoms. The number of benzene rings is 1. The van der Waals surface area contributed by atoms with E-state index in [4.69, 9.17) is 5.73 Å². The highest BCUT2D eigenvalue weighted by molar-refractivity contribution is 6.07. The molecule has 102 valence electrons. The Balaban J connectivity index is 2.32. The van der Waals surface area contributed by atoms with Crippen molar-refractivity contribution in [2.75, 3.05) is 12.3 Å². The number of nitrogen functional groups attached to an aromatic ring is 1. The number of carbonyl (C=O) groups is 1. The van der Waals surface area contributed by atoms with Crippen LogP contribution >= 0.6 is 0 Å². The summed E-state index contributed by atoms with van der Waals surface area (Å²) >= 11 is 0. The average molecular weight is 261 g/mol. The number of hydrogen-bond donors (Lipinski definition) is 4. The fraction of sp³-hybridized carbons (Fsp3) is 0.357. The molecule has 1 aromatic carbocycles. The molecule has 0 aliphatic carbocycles. The molecule has 0 aliphatic heterocycles. The van der Waals surface area contributed by atoms with Crippen LogP contribution < -0.4 is 11.1 Å². The average Bonchev–Trinajstić information content (AvgIpc) is 2.81. The van der Waals surface area contributed by atoms with Crippen LogP contribution in [0, 0.1) is 0 Å². The predicted molar refractivity (Wildman–Crippen MR) is 76.0 cm³/mol. The van der Waals surface area contributed by atoms with Crippen LogP contribution in [0.25, 0.3) is 10.9 Å². The molecule has 1 heterocycles. The first-order chi connectivity index (χ1) is 8.99. The monoisotopic (exact) mass is 261 g/mol. The number of carbonyl (C=O) groups excluding carboxylic acids is 1. The van der Waals surface area contributed by atoms with Crippen LogP contribution in [0.4, 0.5) is 5.69 Å². The van der Waals surface area contributed by atoms with E-state index in [1.807, 2.05) is 19.9 Å². The lowest BCUT2D eigenvalue weighted by Gasteiger charge is -2.27. The van der Waals surface area contributed by atoms with Crippen molar-refractivity contribution in [1.82, 2.24) is 10.3 Å². The SMILES string of the molecule is CCC(C)(CO)NC(=O)c1c[nH]c2cc(N)ccc12. The summed E-state index contributed by atoms with van der Waals surface area (Å²) in [4.78, 5) is 15.3. The van der Waals surface area contributed by atoms with Crippen LogP contribution in [-0.4, -0.2) is 28.1 Å². The largest absolute Gasteiger partial charge is 0.399 e. The van der Waals surface area contributed by atoms with Crippen molar-refractivity contribution in [1.29, 1.82) is 0 Å². The van der Waals surface area contributed by atoms with Gasteiger partial charge in [-0.25, -0.2) is 0 Å². The lowest BCUT2D eigenvalue weighted by molar-refractivity contribution is 0.0849. The molecule has 1 unspecified atom stereocenters. The summed E-state index contributed by atoms with van der Waals surface area (Å²) in [7, 11) is 0. The minimum Gasteiger partial charge on any atom is -0.399 e. The van der Waals surface area contributed by atoms with Crippen molar-refractivity contribution < 1.29 is 9.90 Å². The Labute approximate surface area is 111 Å². The third-order valence-corrected chi connectivity index (χ3v) is 3.50. The molecule has 0 saturated carbocycles. The Hall–Kier alpha value is -2.01. The lowest BCUT2D eigenvalue weighted by Crippen LogP contribution is -2.48. The van der Waals surface area contributed by atoms with E-state index in [1.54, 1.807) is 18.3 Å². The minimum absolute atomic E-state index is 0.0927. The zero-order valence-electron chi connectivity index (χ0n) is 11.2. The Morgan fingerprint density at radius 2 is 2.26 bits per heavy atom. The van der Waals surface area contributed by atoms with Gasteiger partial charge in [-0.05, 0) is 31.5 Å². The standard InChI is InChI=1S/C14H19N3O2/c1-3-14(2,8-18)17-13(19)11-7-16-12-6-9(15)4-5-10(11)12/h4-7,16,18H,3,8,15H2,1-2H3,(H,17,19). The quantitative estimate of drug-likeness (QED) is 0.630. The molecule has 2 rings (SSSR count). The fourth-order valence-corrected chi connectivity index (χ4v) is 1.91. The van der Waals surface area contributed by atoms with Crippen LogP contribution in [0.2, 0.25) is 0 Å². The number of anilines is 1. The maximum atomic E-state index is 12.3. The Morgan fingerprint density at radius 1 is 1.53 bits per heavy atom. The summed E-state index contributed by atoms with van der Waals surface area (Å²) in [6, 6.07) is 5.37. The molecular weight excluding hydrogens is 242 g/mol. The van der Waals surface area contributed by atoms with Gasteiger partial charge in [0.2, 0.25) is 0 Å². The number of aliphatic hydroxyl groups excluding tert-OH is 1. The van der Waals surface area contributed by atoms with Gasteiger partial charge in [0, 0.05) is 22.8 Å². The van der Waals surface area contributed by atoms with E-state index in [1.165, 1.54) is 0 Å². The topological polar surface area (TPSA) is 91.1 Å². The predicted octanol–water partition coefficient (Wildman–Crippen LogP) is 1.64. The van der Waals surface area contributed by atoms with Crippen molar-refractivity contribution in [2.24, 2.45) is 0 Å². The van der Waals surface area contributed by atoms with Gasteiger partial charge in [0.05, 0.1) is 17.7 Å². The summed E-state index contributed by atoms with van der Waals surface area (Å²) in [5.74, 6) is -0.200. The summed E-state index contributed by atoms with van der Waals surface area (Å²) in [5, 5.41) is 13.0. The molecule has 5 N–H and O–H groups in total. The highest BCUT2D eigenvalue weighted by Crippen LogP contribution is 2.21. The fourth-order valence-electron chi connectivity index (χ4n) is 1.91. The zero-order chi connectivity index (χ0) is 14.0. The van der Waals surface area contributed by atoms with Crippen molar-refractivity contribution in [3.05, 3.63) is 30.0 Å². The smallest absolute Gasteiger partial charge is 0.253 e. The van der Waals surface area contributed by atoms with E-state index in [9.17, 15) is 9.90 Å². The third-order valence-electron chi connectivity index (χ3n) is 3.50. The molecule has 0 radical (unpaired) electrons. The van der Waals surface area contributed by atoms with Crippen LogP contribution in [0.5, 0.6) is 0 Å². The number of H-pyrrole nitrogens is 1. The van der Waals surface area contributed by atoms with Gasteiger partial charge < -0.3 is 21.1 Å². The molecule has 0 fully saturated rings.